The second-order valence-corrected chi connectivity index (χ2v) is 6.74. The monoisotopic (exact) mass is 410 g/mol. The highest BCUT2D eigenvalue weighted by Crippen LogP contribution is 2.18. The van der Waals surface area contributed by atoms with Gasteiger partial charge in [0.15, 0.2) is 0 Å². The van der Waals surface area contributed by atoms with Crippen LogP contribution in [0.1, 0.15) is 9.75 Å². The van der Waals surface area contributed by atoms with Gasteiger partial charge in [-0.15, -0.1) is 11.3 Å². The first kappa shape index (κ1) is 19.6. The largest absolute Gasteiger partial charge is 0.278 e. The number of nitrogens with one attached hydrogen (secondary N) is 2. The van der Waals surface area contributed by atoms with Crippen molar-refractivity contribution in [3.63, 3.8) is 0 Å². The zero-order chi connectivity index (χ0) is 20.6. The highest BCUT2D eigenvalue weighted by Gasteiger charge is 2.05. The fourth-order valence-corrected chi connectivity index (χ4v) is 2.98. The van der Waals surface area contributed by atoms with E-state index in [9.17, 15) is 20.2 Å². The van der Waals surface area contributed by atoms with Crippen molar-refractivity contribution in [2.24, 2.45) is 10.2 Å². The Kier molecular flexibility index (Phi) is 6.22. The zero-order valence-electron chi connectivity index (χ0n) is 14.8. The molecule has 0 bridgehead atoms. The Morgan fingerprint density at radius 2 is 1.21 bits per heavy atom. The van der Waals surface area contributed by atoms with Gasteiger partial charge in [-0.2, -0.15) is 10.2 Å². The van der Waals surface area contributed by atoms with E-state index in [-0.39, 0.29) is 11.4 Å². The number of non-ortho nitro benzene ring substituents is 2. The van der Waals surface area contributed by atoms with Gasteiger partial charge < -0.3 is 0 Å². The molecule has 0 unspecified atom stereocenters. The zero-order valence-corrected chi connectivity index (χ0v) is 15.6. The van der Waals surface area contributed by atoms with E-state index in [1.54, 1.807) is 36.7 Å². The highest BCUT2D eigenvalue weighted by molar-refractivity contribution is 7.15. The molecule has 29 heavy (non-hydrogen) atoms. The van der Waals surface area contributed by atoms with Gasteiger partial charge in [-0.1, -0.05) is 12.1 Å². The lowest BCUT2D eigenvalue weighted by atomic mass is 10.3. The second kappa shape index (κ2) is 9.19. The molecule has 0 aliphatic carbocycles. The summed E-state index contributed by atoms with van der Waals surface area (Å²) < 4.78 is 0. The molecular weight excluding hydrogens is 396 g/mol. The Balaban J connectivity index is 1.56. The molecule has 0 saturated carbocycles. The molecule has 0 saturated heterocycles. The summed E-state index contributed by atoms with van der Waals surface area (Å²) in [4.78, 5) is 22.3. The molecular formula is C18H14N6O4S. The van der Waals surface area contributed by atoms with Crippen molar-refractivity contribution in [2.45, 2.75) is 0 Å². The fraction of sp³-hybridized carbons (Fsp3) is 0. The summed E-state index contributed by atoms with van der Waals surface area (Å²) in [5.74, 6) is 0. The number of nitro groups is 2. The molecule has 2 aromatic carbocycles. The van der Waals surface area contributed by atoms with Crippen LogP contribution in [0.4, 0.5) is 22.7 Å². The van der Waals surface area contributed by atoms with Gasteiger partial charge in [-0.05, 0) is 24.3 Å². The molecule has 3 rings (SSSR count). The number of nitrogens with zero attached hydrogens (tertiary/aromatic N) is 4. The van der Waals surface area contributed by atoms with Gasteiger partial charge >= 0.3 is 0 Å². The molecule has 11 heteroatoms. The molecule has 146 valence electrons. The van der Waals surface area contributed by atoms with E-state index in [2.05, 4.69) is 21.1 Å². The van der Waals surface area contributed by atoms with Gasteiger partial charge in [0.25, 0.3) is 11.4 Å². The summed E-state index contributed by atoms with van der Waals surface area (Å²) >= 11 is 1.42. The lowest BCUT2D eigenvalue weighted by Crippen LogP contribution is -1.92. The van der Waals surface area contributed by atoms with Gasteiger partial charge in [0.1, 0.15) is 0 Å². The minimum Gasteiger partial charge on any atom is -0.278 e. The van der Waals surface area contributed by atoms with E-state index in [0.717, 1.165) is 9.75 Å². The summed E-state index contributed by atoms with van der Waals surface area (Å²) in [5, 5.41) is 29.7. The quantitative estimate of drug-likeness (QED) is 0.320. The summed E-state index contributed by atoms with van der Waals surface area (Å²) in [6.07, 6.45) is 3.18. The minimum absolute atomic E-state index is 0.0175. The first-order chi connectivity index (χ1) is 14.0. The van der Waals surface area contributed by atoms with Crippen LogP contribution in [0.15, 0.2) is 70.9 Å². The maximum absolute atomic E-state index is 10.8. The molecule has 0 fully saturated rings. The molecule has 1 aromatic heterocycles. The van der Waals surface area contributed by atoms with Crippen LogP contribution in [0.3, 0.4) is 0 Å². The smallest absolute Gasteiger partial charge is 0.271 e. The van der Waals surface area contributed by atoms with E-state index in [1.165, 1.54) is 35.6 Å². The van der Waals surface area contributed by atoms with Crippen LogP contribution in [0.25, 0.3) is 0 Å². The topological polar surface area (TPSA) is 135 Å². The number of hydrazone groups is 2. The van der Waals surface area contributed by atoms with Crippen LogP contribution < -0.4 is 10.9 Å². The number of hydrogen-bond donors (Lipinski definition) is 2. The van der Waals surface area contributed by atoms with Crippen molar-refractivity contribution in [3.8, 4) is 0 Å². The van der Waals surface area contributed by atoms with Crippen LogP contribution in [-0.2, 0) is 0 Å². The Hall–Kier alpha value is -4.12. The van der Waals surface area contributed by atoms with Crippen LogP contribution in [0.5, 0.6) is 0 Å². The molecule has 0 aliphatic heterocycles. The first-order valence-electron chi connectivity index (χ1n) is 8.18. The number of anilines is 2. The minimum atomic E-state index is -0.471. The predicted molar refractivity (Wildman–Crippen MR) is 113 cm³/mol. The number of benzene rings is 2. The summed E-state index contributed by atoms with van der Waals surface area (Å²) in [7, 11) is 0. The number of hydrogen-bond acceptors (Lipinski definition) is 9. The van der Waals surface area contributed by atoms with Crippen molar-refractivity contribution in [1.29, 1.82) is 0 Å². The van der Waals surface area contributed by atoms with E-state index in [1.807, 2.05) is 12.1 Å². The molecule has 0 radical (unpaired) electrons. The molecule has 1 heterocycles. The third-order valence-electron chi connectivity index (χ3n) is 3.53. The molecule has 0 atom stereocenters. The number of nitro benzene ring substituents is 2. The Morgan fingerprint density at radius 3 is 1.62 bits per heavy atom. The maximum atomic E-state index is 10.8. The van der Waals surface area contributed by atoms with Gasteiger partial charge in [0.05, 0.1) is 33.7 Å². The Labute approximate surface area is 168 Å². The summed E-state index contributed by atoms with van der Waals surface area (Å²) in [6, 6.07) is 15.8. The van der Waals surface area contributed by atoms with Gasteiger partial charge in [0, 0.05) is 34.0 Å². The molecule has 10 nitrogen and oxygen atoms in total. The van der Waals surface area contributed by atoms with Crippen molar-refractivity contribution >= 4 is 46.5 Å². The Bertz CT molecular complexity index is 1010. The van der Waals surface area contributed by atoms with Crippen molar-refractivity contribution < 1.29 is 9.85 Å². The number of rotatable bonds is 8. The molecule has 2 N–H and O–H groups in total. The second-order valence-electron chi connectivity index (χ2n) is 5.60. The average Bonchev–Trinajstić information content (AvgIpc) is 3.16. The maximum Gasteiger partial charge on any atom is 0.271 e. The molecule has 3 aromatic rings. The van der Waals surface area contributed by atoms with Crippen molar-refractivity contribution in [3.05, 3.63) is 90.6 Å². The normalized spacial score (nSPS) is 11.0. The first-order valence-corrected chi connectivity index (χ1v) is 9.00. The van der Waals surface area contributed by atoms with Crippen LogP contribution in [-0.4, -0.2) is 22.3 Å². The SMILES string of the molecule is O=[N+]([O-])c1cccc(N/N=C/c2ccc(/C=N/Nc3cccc([N+](=O)[O-])c3)s2)c1. The average molecular weight is 410 g/mol. The predicted octanol–water partition coefficient (Wildman–Crippen LogP) is 4.46. The Morgan fingerprint density at radius 1 is 0.759 bits per heavy atom. The summed E-state index contributed by atoms with van der Waals surface area (Å²) in [6.45, 7) is 0. The third kappa shape index (κ3) is 5.68. The molecule has 0 aliphatic rings. The van der Waals surface area contributed by atoms with Crippen LogP contribution >= 0.6 is 11.3 Å². The van der Waals surface area contributed by atoms with E-state index >= 15 is 0 Å². The molecule has 0 amide bonds. The third-order valence-corrected chi connectivity index (χ3v) is 4.49. The van der Waals surface area contributed by atoms with E-state index in [4.69, 9.17) is 0 Å². The van der Waals surface area contributed by atoms with Crippen molar-refractivity contribution in [2.75, 3.05) is 10.9 Å². The van der Waals surface area contributed by atoms with Crippen LogP contribution in [0, 0.1) is 20.2 Å². The highest BCUT2D eigenvalue weighted by atomic mass is 32.1. The van der Waals surface area contributed by atoms with Crippen molar-refractivity contribution in [1.82, 2.24) is 0 Å². The van der Waals surface area contributed by atoms with E-state index in [0.29, 0.717) is 11.4 Å². The van der Waals surface area contributed by atoms with Crippen LogP contribution in [0.2, 0.25) is 0 Å². The molecule has 0 spiro atoms. The fourth-order valence-electron chi connectivity index (χ4n) is 2.23. The van der Waals surface area contributed by atoms with Gasteiger partial charge in [0.2, 0.25) is 0 Å². The lowest BCUT2D eigenvalue weighted by Gasteiger charge is -1.99. The summed E-state index contributed by atoms with van der Waals surface area (Å²) in [5.41, 5.74) is 6.48. The van der Waals surface area contributed by atoms with Gasteiger partial charge in [-0.25, -0.2) is 0 Å². The van der Waals surface area contributed by atoms with E-state index < -0.39 is 9.85 Å². The number of thiophene rings is 1. The van der Waals surface area contributed by atoms with Gasteiger partial charge in [-0.3, -0.25) is 31.1 Å². The lowest BCUT2D eigenvalue weighted by molar-refractivity contribution is -0.385. The standard InChI is InChI=1S/C18H14N6O4S/c25-23(26)15-5-1-3-13(9-15)21-19-11-17-7-8-18(29-17)12-20-22-14-4-2-6-16(10-14)24(27)28/h1-12,21-22H/b19-11+,20-12+.